The summed E-state index contributed by atoms with van der Waals surface area (Å²) in [7, 11) is 0. The number of ether oxygens (including phenoxy) is 1. The van der Waals surface area contributed by atoms with Gasteiger partial charge in [0.1, 0.15) is 5.75 Å². The van der Waals surface area contributed by atoms with Crippen LogP contribution in [0.5, 0.6) is 11.6 Å². The van der Waals surface area contributed by atoms with E-state index in [-0.39, 0.29) is 11.2 Å². The van der Waals surface area contributed by atoms with Crippen LogP contribution >= 0.6 is 34.2 Å². The van der Waals surface area contributed by atoms with Gasteiger partial charge >= 0.3 is 0 Å². The third kappa shape index (κ3) is 2.79. The molecule has 0 N–H and O–H groups in total. The molecule has 0 bridgehead atoms. The van der Waals surface area contributed by atoms with E-state index in [0.717, 1.165) is 9.77 Å². The Kier molecular flexibility index (Phi) is 3.55. The van der Waals surface area contributed by atoms with Crippen molar-refractivity contribution in [2.24, 2.45) is 0 Å². The van der Waals surface area contributed by atoms with Crippen LogP contribution in [0.3, 0.4) is 0 Å². The van der Waals surface area contributed by atoms with Gasteiger partial charge in [0.2, 0.25) is 11.1 Å². The molecular formula is C10H5ClFIN2O. The van der Waals surface area contributed by atoms with Crippen LogP contribution in [0.2, 0.25) is 5.28 Å². The second-order valence-corrected chi connectivity index (χ2v) is 4.43. The molecule has 1 aromatic heterocycles. The van der Waals surface area contributed by atoms with Crippen molar-refractivity contribution in [3.8, 4) is 11.6 Å². The minimum absolute atomic E-state index is 0.0538. The van der Waals surface area contributed by atoms with Crippen molar-refractivity contribution in [2.75, 3.05) is 0 Å². The van der Waals surface area contributed by atoms with Crippen LogP contribution in [0.25, 0.3) is 0 Å². The minimum Gasteiger partial charge on any atom is -0.436 e. The van der Waals surface area contributed by atoms with Gasteiger partial charge in [0, 0.05) is 3.57 Å². The van der Waals surface area contributed by atoms with Gasteiger partial charge in [0.25, 0.3) is 5.88 Å². The molecule has 0 fully saturated rings. The molecule has 2 aromatic rings. The van der Waals surface area contributed by atoms with Gasteiger partial charge in [-0.25, -0.2) is 4.98 Å². The van der Waals surface area contributed by atoms with Gasteiger partial charge < -0.3 is 4.74 Å². The van der Waals surface area contributed by atoms with Crippen molar-refractivity contribution < 1.29 is 9.13 Å². The predicted octanol–water partition coefficient (Wildman–Crippen LogP) is 3.67. The Labute approximate surface area is 110 Å². The van der Waals surface area contributed by atoms with Crippen LogP contribution in [-0.4, -0.2) is 9.97 Å². The minimum atomic E-state index is -0.650. The van der Waals surface area contributed by atoms with Gasteiger partial charge in [-0.1, -0.05) is 0 Å². The van der Waals surface area contributed by atoms with E-state index in [9.17, 15) is 4.39 Å². The number of rotatable bonds is 2. The van der Waals surface area contributed by atoms with Crippen molar-refractivity contribution in [2.45, 2.75) is 0 Å². The van der Waals surface area contributed by atoms with Crippen molar-refractivity contribution in [3.05, 3.63) is 45.1 Å². The average molecular weight is 351 g/mol. The van der Waals surface area contributed by atoms with Gasteiger partial charge in [-0.2, -0.15) is 9.37 Å². The molecule has 0 saturated heterocycles. The van der Waals surface area contributed by atoms with Gasteiger partial charge in [-0.3, -0.25) is 0 Å². The Balaban J connectivity index is 2.26. The molecule has 0 spiro atoms. The molecule has 1 heterocycles. The molecule has 0 radical (unpaired) electrons. The molecular weight excluding hydrogens is 345 g/mol. The van der Waals surface area contributed by atoms with E-state index < -0.39 is 5.82 Å². The monoisotopic (exact) mass is 350 g/mol. The second-order valence-electron chi connectivity index (χ2n) is 2.85. The summed E-state index contributed by atoms with van der Waals surface area (Å²) in [4.78, 5) is 7.14. The summed E-state index contributed by atoms with van der Waals surface area (Å²) in [5.74, 6) is -0.335. The number of hydrogen-bond acceptors (Lipinski definition) is 3. The molecule has 0 saturated carbocycles. The third-order valence-electron chi connectivity index (χ3n) is 1.71. The highest BCUT2D eigenvalue weighted by Gasteiger charge is 2.08. The van der Waals surface area contributed by atoms with Crippen molar-refractivity contribution >= 4 is 34.2 Å². The highest BCUT2D eigenvalue weighted by atomic mass is 127. The predicted molar refractivity (Wildman–Crippen MR) is 66.2 cm³/mol. The van der Waals surface area contributed by atoms with Gasteiger partial charge in [0.15, 0.2) is 0 Å². The molecule has 2 rings (SSSR count). The third-order valence-corrected chi connectivity index (χ3v) is 2.61. The summed E-state index contributed by atoms with van der Waals surface area (Å²) < 4.78 is 19.5. The fourth-order valence-electron chi connectivity index (χ4n) is 1.02. The van der Waals surface area contributed by atoms with E-state index in [4.69, 9.17) is 16.3 Å². The average Bonchev–Trinajstić information content (AvgIpc) is 2.27. The molecule has 0 aliphatic carbocycles. The fraction of sp³-hybridized carbons (Fsp3) is 0. The van der Waals surface area contributed by atoms with Crippen LogP contribution < -0.4 is 4.74 Å². The van der Waals surface area contributed by atoms with Crippen molar-refractivity contribution in [1.82, 2.24) is 9.97 Å². The summed E-state index contributed by atoms with van der Waals surface area (Å²) in [5.41, 5.74) is 0. The van der Waals surface area contributed by atoms with E-state index in [0.29, 0.717) is 5.75 Å². The topological polar surface area (TPSA) is 35.0 Å². The molecule has 0 amide bonds. The fourth-order valence-corrected chi connectivity index (χ4v) is 1.50. The van der Waals surface area contributed by atoms with E-state index in [1.165, 1.54) is 0 Å². The first-order valence-electron chi connectivity index (χ1n) is 4.26. The smallest absolute Gasteiger partial charge is 0.260 e. The van der Waals surface area contributed by atoms with E-state index in [1.54, 1.807) is 12.1 Å². The van der Waals surface area contributed by atoms with Crippen LogP contribution in [0.1, 0.15) is 0 Å². The molecule has 0 aliphatic heterocycles. The Bertz CT molecular complexity index is 507. The lowest BCUT2D eigenvalue weighted by atomic mass is 10.3. The molecule has 0 aliphatic rings. The zero-order chi connectivity index (χ0) is 11.5. The molecule has 0 unspecified atom stereocenters. The van der Waals surface area contributed by atoms with Crippen molar-refractivity contribution in [3.63, 3.8) is 0 Å². The maximum atomic E-state index is 13.2. The summed E-state index contributed by atoms with van der Waals surface area (Å²) in [6.07, 6.45) is 0.970. The zero-order valence-corrected chi connectivity index (χ0v) is 10.7. The molecule has 16 heavy (non-hydrogen) atoms. The lowest BCUT2D eigenvalue weighted by Gasteiger charge is -2.05. The SMILES string of the molecule is Fc1cnc(Cl)nc1Oc1ccc(I)cc1. The first kappa shape index (κ1) is 11.5. The Morgan fingerprint density at radius 3 is 2.62 bits per heavy atom. The highest BCUT2D eigenvalue weighted by Crippen LogP contribution is 2.23. The number of hydrogen-bond donors (Lipinski definition) is 0. The summed E-state index contributed by atoms with van der Waals surface area (Å²) in [6.45, 7) is 0. The molecule has 82 valence electrons. The lowest BCUT2D eigenvalue weighted by Crippen LogP contribution is -1.94. The quantitative estimate of drug-likeness (QED) is 0.612. The van der Waals surface area contributed by atoms with Crippen LogP contribution in [0.15, 0.2) is 30.5 Å². The molecule has 6 heteroatoms. The van der Waals surface area contributed by atoms with Crippen LogP contribution in [-0.2, 0) is 0 Å². The molecule has 1 aromatic carbocycles. The van der Waals surface area contributed by atoms with Crippen LogP contribution in [0.4, 0.5) is 4.39 Å². The number of nitrogens with zero attached hydrogens (tertiary/aromatic N) is 2. The normalized spacial score (nSPS) is 10.2. The maximum absolute atomic E-state index is 13.2. The summed E-state index contributed by atoms with van der Waals surface area (Å²) >= 11 is 7.70. The summed E-state index contributed by atoms with van der Waals surface area (Å²) in [6, 6.07) is 7.13. The Hall–Kier alpha value is -0.950. The summed E-state index contributed by atoms with van der Waals surface area (Å²) in [5, 5.41) is -0.0538. The van der Waals surface area contributed by atoms with E-state index in [1.807, 2.05) is 12.1 Å². The van der Waals surface area contributed by atoms with Gasteiger partial charge in [-0.05, 0) is 58.5 Å². The standard InChI is InChI=1S/C10H5ClFIN2O/c11-10-14-5-8(12)9(15-10)16-7-3-1-6(13)2-4-7/h1-5H. The number of benzene rings is 1. The van der Waals surface area contributed by atoms with Gasteiger partial charge in [-0.15, -0.1) is 0 Å². The van der Waals surface area contributed by atoms with E-state index in [2.05, 4.69) is 32.6 Å². The zero-order valence-electron chi connectivity index (χ0n) is 7.82. The number of aromatic nitrogens is 2. The largest absolute Gasteiger partial charge is 0.436 e. The van der Waals surface area contributed by atoms with Crippen molar-refractivity contribution in [1.29, 1.82) is 0 Å². The number of halogens is 3. The first-order valence-corrected chi connectivity index (χ1v) is 5.72. The maximum Gasteiger partial charge on any atom is 0.260 e. The molecule has 3 nitrogen and oxygen atoms in total. The first-order chi connectivity index (χ1) is 7.65. The Morgan fingerprint density at radius 1 is 1.25 bits per heavy atom. The Morgan fingerprint density at radius 2 is 1.94 bits per heavy atom. The molecule has 0 atom stereocenters. The van der Waals surface area contributed by atoms with Crippen LogP contribution in [0, 0.1) is 9.39 Å². The lowest BCUT2D eigenvalue weighted by molar-refractivity contribution is 0.420. The van der Waals surface area contributed by atoms with E-state index >= 15 is 0 Å². The highest BCUT2D eigenvalue weighted by molar-refractivity contribution is 14.1. The van der Waals surface area contributed by atoms with Gasteiger partial charge in [0.05, 0.1) is 6.20 Å². The second kappa shape index (κ2) is 4.92.